The van der Waals surface area contributed by atoms with E-state index in [0.717, 1.165) is 17.5 Å². The van der Waals surface area contributed by atoms with Crippen LogP contribution in [0.3, 0.4) is 0 Å². The van der Waals surface area contributed by atoms with E-state index in [1.165, 1.54) is 6.92 Å². The van der Waals surface area contributed by atoms with Crippen LogP contribution in [0.15, 0.2) is 42.5 Å². The van der Waals surface area contributed by atoms with E-state index < -0.39 is 16.1 Å². The summed E-state index contributed by atoms with van der Waals surface area (Å²) >= 11 is 5.91. The number of ether oxygens (including phenoxy) is 2. The lowest BCUT2D eigenvalue weighted by Crippen LogP contribution is -2.50. The molecular formula is C24H33ClN2O5S. The highest BCUT2D eigenvalue weighted by Gasteiger charge is 2.26. The van der Waals surface area contributed by atoms with E-state index in [1.807, 2.05) is 42.5 Å². The minimum atomic E-state index is -3.47. The molecule has 0 spiro atoms. The maximum atomic E-state index is 12.5. The first-order valence-electron chi connectivity index (χ1n) is 11.0. The van der Waals surface area contributed by atoms with Crippen LogP contribution in [-0.2, 0) is 27.7 Å². The summed E-state index contributed by atoms with van der Waals surface area (Å²) in [7, 11) is -1.89. The van der Waals surface area contributed by atoms with Gasteiger partial charge >= 0.3 is 0 Å². The molecule has 2 N–H and O–H groups in total. The number of rotatable bonds is 13. The second-order valence-corrected chi connectivity index (χ2v) is 10.5. The Labute approximate surface area is 201 Å². The van der Waals surface area contributed by atoms with Gasteiger partial charge in [-0.25, -0.2) is 13.1 Å². The first-order valence-corrected chi connectivity index (χ1v) is 13.0. The quantitative estimate of drug-likeness (QED) is 0.442. The van der Waals surface area contributed by atoms with E-state index in [2.05, 4.69) is 10.0 Å². The van der Waals surface area contributed by atoms with Gasteiger partial charge in [0, 0.05) is 18.0 Å². The fourth-order valence-corrected chi connectivity index (χ4v) is 4.18. The SMILES string of the molecule is CCS(=O)(=O)NC(C(=O)NCCc1ccc(OCCc2ccc(Cl)cc2)c(OC)c1)C(C)C. The van der Waals surface area contributed by atoms with Crippen molar-refractivity contribution in [3.8, 4) is 11.5 Å². The second-order valence-electron chi connectivity index (χ2n) is 7.99. The molecule has 2 aromatic carbocycles. The number of methoxy groups -OCH3 is 1. The first kappa shape index (κ1) is 27.0. The van der Waals surface area contributed by atoms with Crippen LogP contribution in [0.1, 0.15) is 31.9 Å². The highest BCUT2D eigenvalue weighted by molar-refractivity contribution is 7.89. The summed E-state index contributed by atoms with van der Waals surface area (Å²) in [5.74, 6) is 0.683. The zero-order valence-electron chi connectivity index (χ0n) is 19.6. The topological polar surface area (TPSA) is 93.7 Å². The van der Waals surface area contributed by atoms with Crippen LogP contribution in [0.5, 0.6) is 11.5 Å². The van der Waals surface area contributed by atoms with Gasteiger partial charge in [-0.3, -0.25) is 4.79 Å². The van der Waals surface area contributed by atoms with Gasteiger partial charge in [0.05, 0.1) is 19.5 Å². The lowest BCUT2D eigenvalue weighted by Gasteiger charge is -2.21. The van der Waals surface area contributed by atoms with Crippen molar-refractivity contribution < 1.29 is 22.7 Å². The lowest BCUT2D eigenvalue weighted by atomic mass is 10.0. The van der Waals surface area contributed by atoms with Gasteiger partial charge in [-0.15, -0.1) is 0 Å². The molecule has 182 valence electrons. The minimum absolute atomic E-state index is 0.0720. The molecule has 1 amide bonds. The van der Waals surface area contributed by atoms with Crippen LogP contribution in [0.4, 0.5) is 0 Å². The van der Waals surface area contributed by atoms with Crippen molar-refractivity contribution in [3.63, 3.8) is 0 Å². The summed E-state index contributed by atoms with van der Waals surface area (Å²) in [6.07, 6.45) is 1.31. The molecule has 0 fully saturated rings. The molecule has 1 unspecified atom stereocenters. The zero-order valence-corrected chi connectivity index (χ0v) is 21.1. The van der Waals surface area contributed by atoms with E-state index >= 15 is 0 Å². The van der Waals surface area contributed by atoms with Crippen LogP contribution in [0, 0.1) is 5.92 Å². The van der Waals surface area contributed by atoms with E-state index in [1.54, 1.807) is 21.0 Å². The molecule has 0 bridgehead atoms. The summed E-state index contributed by atoms with van der Waals surface area (Å²) in [6.45, 7) is 6.02. The number of halogens is 1. The molecule has 2 aromatic rings. The van der Waals surface area contributed by atoms with Crippen LogP contribution < -0.4 is 19.5 Å². The molecule has 7 nitrogen and oxygen atoms in total. The van der Waals surface area contributed by atoms with E-state index in [9.17, 15) is 13.2 Å². The molecule has 2 rings (SSSR count). The fourth-order valence-electron chi connectivity index (χ4n) is 3.13. The largest absolute Gasteiger partial charge is 0.493 e. The first-order chi connectivity index (χ1) is 15.6. The number of benzene rings is 2. The highest BCUT2D eigenvalue weighted by atomic mass is 35.5. The van der Waals surface area contributed by atoms with Gasteiger partial charge in [0.2, 0.25) is 15.9 Å². The van der Waals surface area contributed by atoms with Gasteiger partial charge in [-0.2, -0.15) is 0 Å². The smallest absolute Gasteiger partial charge is 0.238 e. The molecule has 0 aliphatic carbocycles. The third-order valence-corrected chi connectivity index (χ3v) is 6.76. The van der Waals surface area contributed by atoms with Crippen molar-refractivity contribution in [2.75, 3.05) is 26.0 Å². The van der Waals surface area contributed by atoms with Crippen LogP contribution in [-0.4, -0.2) is 46.4 Å². The highest BCUT2D eigenvalue weighted by Crippen LogP contribution is 2.28. The van der Waals surface area contributed by atoms with Crippen molar-refractivity contribution in [2.24, 2.45) is 5.92 Å². The zero-order chi connectivity index (χ0) is 24.4. The fraction of sp³-hybridized carbons (Fsp3) is 0.458. The number of amides is 1. The summed E-state index contributed by atoms with van der Waals surface area (Å²) < 4.78 is 37.5. The minimum Gasteiger partial charge on any atom is -0.493 e. The predicted molar refractivity (Wildman–Crippen MR) is 132 cm³/mol. The Morgan fingerprint density at radius 2 is 1.70 bits per heavy atom. The standard InChI is InChI=1S/C24H33ClN2O5S/c1-5-33(29,30)27-23(17(2)3)24(28)26-14-12-19-8-11-21(22(16-19)31-4)32-15-13-18-6-9-20(25)10-7-18/h6-11,16-17,23,27H,5,12-15H2,1-4H3,(H,26,28). The van der Waals surface area contributed by atoms with Crippen LogP contribution in [0.25, 0.3) is 0 Å². The summed E-state index contributed by atoms with van der Waals surface area (Å²) in [5.41, 5.74) is 2.10. The van der Waals surface area contributed by atoms with Gasteiger partial charge in [0.15, 0.2) is 11.5 Å². The molecule has 0 saturated carbocycles. The molecule has 33 heavy (non-hydrogen) atoms. The summed E-state index contributed by atoms with van der Waals surface area (Å²) in [5, 5.41) is 3.52. The maximum Gasteiger partial charge on any atom is 0.238 e. The van der Waals surface area contributed by atoms with Gasteiger partial charge in [-0.1, -0.05) is 43.6 Å². The Balaban J connectivity index is 1.89. The summed E-state index contributed by atoms with van der Waals surface area (Å²) in [6, 6.07) is 12.5. The van der Waals surface area contributed by atoms with Crippen molar-refractivity contribution >= 4 is 27.5 Å². The third-order valence-electron chi connectivity index (χ3n) is 5.14. The normalized spacial score (nSPS) is 12.4. The molecule has 0 radical (unpaired) electrons. The van der Waals surface area contributed by atoms with Crippen molar-refractivity contribution in [3.05, 3.63) is 58.6 Å². The molecular weight excluding hydrogens is 464 g/mol. The Hall–Kier alpha value is -2.29. The average Bonchev–Trinajstić information content (AvgIpc) is 2.79. The number of carbonyl (C=O) groups is 1. The van der Waals surface area contributed by atoms with Crippen molar-refractivity contribution in [1.29, 1.82) is 0 Å². The van der Waals surface area contributed by atoms with Crippen molar-refractivity contribution in [2.45, 2.75) is 39.7 Å². The van der Waals surface area contributed by atoms with E-state index in [0.29, 0.717) is 36.1 Å². The van der Waals surface area contributed by atoms with Crippen LogP contribution in [0.2, 0.25) is 5.02 Å². The number of carbonyl (C=O) groups excluding carboxylic acids is 1. The molecule has 9 heteroatoms. The Morgan fingerprint density at radius 1 is 1.03 bits per heavy atom. The molecule has 1 atom stereocenters. The molecule has 0 heterocycles. The Bertz CT molecular complexity index is 1010. The number of sulfonamides is 1. The average molecular weight is 497 g/mol. The molecule has 0 aliphatic rings. The third kappa shape index (κ3) is 8.87. The second kappa shape index (κ2) is 12.8. The van der Waals surface area contributed by atoms with Crippen LogP contribution >= 0.6 is 11.6 Å². The van der Waals surface area contributed by atoms with E-state index in [4.69, 9.17) is 21.1 Å². The lowest BCUT2D eigenvalue weighted by molar-refractivity contribution is -0.123. The molecule has 0 aromatic heterocycles. The summed E-state index contributed by atoms with van der Waals surface area (Å²) in [4.78, 5) is 12.5. The van der Waals surface area contributed by atoms with E-state index in [-0.39, 0.29) is 17.6 Å². The molecule has 0 aliphatic heterocycles. The monoisotopic (exact) mass is 496 g/mol. The number of nitrogens with one attached hydrogen (secondary N) is 2. The van der Waals surface area contributed by atoms with Gasteiger partial charge in [-0.05, 0) is 54.7 Å². The maximum absolute atomic E-state index is 12.5. The Kier molecular flexibility index (Phi) is 10.5. The van der Waals surface area contributed by atoms with Gasteiger partial charge in [0.1, 0.15) is 6.04 Å². The van der Waals surface area contributed by atoms with Crippen molar-refractivity contribution in [1.82, 2.24) is 10.0 Å². The number of hydrogen-bond donors (Lipinski definition) is 2. The number of hydrogen-bond acceptors (Lipinski definition) is 5. The van der Waals surface area contributed by atoms with Gasteiger partial charge in [0.25, 0.3) is 0 Å². The Morgan fingerprint density at radius 3 is 2.30 bits per heavy atom. The van der Waals surface area contributed by atoms with Gasteiger partial charge < -0.3 is 14.8 Å². The predicted octanol–water partition coefficient (Wildman–Crippen LogP) is 3.59. The molecule has 0 saturated heterocycles.